The Bertz CT molecular complexity index is 444. The molecule has 6 heteroatoms. The molecule has 2 unspecified atom stereocenters. The summed E-state index contributed by atoms with van der Waals surface area (Å²) in [6.45, 7) is 0.690. The van der Waals surface area contributed by atoms with Gasteiger partial charge in [-0.2, -0.15) is 0 Å². The highest BCUT2D eigenvalue weighted by Crippen LogP contribution is 2.33. The molecule has 1 saturated heterocycles. The SMILES string of the molecule is COc1ccc([N+](=O)[O-])cc1C(N)C1CCCO1. The Labute approximate surface area is 105 Å². The van der Waals surface area contributed by atoms with Gasteiger partial charge in [-0.3, -0.25) is 10.1 Å². The van der Waals surface area contributed by atoms with Crippen molar-refractivity contribution < 1.29 is 14.4 Å². The number of methoxy groups -OCH3 is 1. The molecule has 1 aliphatic rings. The minimum Gasteiger partial charge on any atom is -0.496 e. The van der Waals surface area contributed by atoms with Crippen LogP contribution in [0.15, 0.2) is 18.2 Å². The van der Waals surface area contributed by atoms with Gasteiger partial charge in [-0.15, -0.1) is 0 Å². The summed E-state index contributed by atoms with van der Waals surface area (Å²) < 4.78 is 10.7. The van der Waals surface area contributed by atoms with Crippen LogP contribution in [-0.2, 0) is 4.74 Å². The van der Waals surface area contributed by atoms with Crippen molar-refractivity contribution in [3.63, 3.8) is 0 Å². The van der Waals surface area contributed by atoms with Crippen molar-refractivity contribution in [2.75, 3.05) is 13.7 Å². The van der Waals surface area contributed by atoms with Crippen LogP contribution in [0, 0.1) is 10.1 Å². The van der Waals surface area contributed by atoms with Crippen LogP contribution in [0.4, 0.5) is 5.69 Å². The minimum atomic E-state index is -0.439. The van der Waals surface area contributed by atoms with Gasteiger partial charge in [0.15, 0.2) is 0 Å². The molecule has 1 aromatic rings. The molecule has 2 rings (SSSR count). The molecule has 18 heavy (non-hydrogen) atoms. The maximum absolute atomic E-state index is 10.8. The second-order valence-corrected chi connectivity index (χ2v) is 4.26. The molecular weight excluding hydrogens is 236 g/mol. The fraction of sp³-hybridized carbons (Fsp3) is 0.500. The van der Waals surface area contributed by atoms with Gasteiger partial charge < -0.3 is 15.2 Å². The van der Waals surface area contributed by atoms with Gasteiger partial charge in [0.1, 0.15) is 5.75 Å². The molecule has 1 aliphatic heterocycles. The molecule has 1 fully saturated rings. The molecule has 0 bridgehead atoms. The first kappa shape index (κ1) is 12.8. The standard InChI is InChI=1S/C12H16N2O4/c1-17-10-5-4-8(14(15)16)7-9(10)12(13)11-3-2-6-18-11/h4-5,7,11-12H,2-3,6,13H2,1H3. The quantitative estimate of drug-likeness (QED) is 0.652. The summed E-state index contributed by atoms with van der Waals surface area (Å²) in [4.78, 5) is 10.4. The Morgan fingerprint density at radius 1 is 1.61 bits per heavy atom. The summed E-state index contributed by atoms with van der Waals surface area (Å²) in [6, 6.07) is 4.04. The Morgan fingerprint density at radius 3 is 2.94 bits per heavy atom. The smallest absolute Gasteiger partial charge is 0.270 e. The third-order valence-electron chi connectivity index (χ3n) is 3.15. The van der Waals surface area contributed by atoms with Crippen molar-refractivity contribution in [3.8, 4) is 5.75 Å². The zero-order valence-electron chi connectivity index (χ0n) is 10.2. The number of ether oxygens (including phenoxy) is 2. The Balaban J connectivity index is 2.33. The minimum absolute atomic E-state index is 0.0132. The first-order valence-electron chi connectivity index (χ1n) is 5.83. The summed E-state index contributed by atoms with van der Waals surface area (Å²) in [5.74, 6) is 0.559. The van der Waals surface area contributed by atoms with Gasteiger partial charge in [0, 0.05) is 24.3 Å². The second kappa shape index (κ2) is 5.32. The fourth-order valence-corrected chi connectivity index (χ4v) is 2.18. The van der Waals surface area contributed by atoms with Gasteiger partial charge in [0.2, 0.25) is 0 Å². The van der Waals surface area contributed by atoms with Crippen LogP contribution in [0.2, 0.25) is 0 Å². The molecule has 0 radical (unpaired) electrons. The van der Waals surface area contributed by atoms with E-state index in [0.717, 1.165) is 12.8 Å². The van der Waals surface area contributed by atoms with Gasteiger partial charge in [-0.25, -0.2) is 0 Å². The third-order valence-corrected chi connectivity index (χ3v) is 3.15. The molecule has 0 saturated carbocycles. The average molecular weight is 252 g/mol. The van der Waals surface area contributed by atoms with Crippen LogP contribution in [0.1, 0.15) is 24.4 Å². The zero-order valence-corrected chi connectivity index (χ0v) is 10.2. The molecule has 6 nitrogen and oxygen atoms in total. The largest absolute Gasteiger partial charge is 0.496 e. The molecule has 0 amide bonds. The first-order valence-corrected chi connectivity index (χ1v) is 5.83. The number of non-ortho nitro benzene ring substituents is 1. The van der Waals surface area contributed by atoms with Gasteiger partial charge in [0.05, 0.1) is 24.2 Å². The molecule has 0 spiro atoms. The van der Waals surface area contributed by atoms with Crippen molar-refractivity contribution in [3.05, 3.63) is 33.9 Å². The lowest BCUT2D eigenvalue weighted by Gasteiger charge is -2.20. The third kappa shape index (κ3) is 2.44. The number of nitro groups is 1. The summed E-state index contributed by atoms with van der Waals surface area (Å²) >= 11 is 0. The van der Waals surface area contributed by atoms with Crippen molar-refractivity contribution in [1.82, 2.24) is 0 Å². The monoisotopic (exact) mass is 252 g/mol. The lowest BCUT2D eigenvalue weighted by molar-refractivity contribution is -0.385. The van der Waals surface area contributed by atoms with Gasteiger partial charge >= 0.3 is 0 Å². The maximum atomic E-state index is 10.8. The zero-order chi connectivity index (χ0) is 13.1. The highest BCUT2D eigenvalue weighted by Gasteiger charge is 2.27. The normalized spacial score (nSPS) is 20.7. The van der Waals surface area contributed by atoms with Crippen LogP contribution >= 0.6 is 0 Å². The van der Waals surface area contributed by atoms with Gasteiger partial charge in [-0.05, 0) is 18.9 Å². The molecule has 0 aromatic heterocycles. The predicted octanol–water partition coefficient (Wildman–Crippen LogP) is 1.78. The van der Waals surface area contributed by atoms with E-state index in [1.807, 2.05) is 0 Å². The molecular formula is C12H16N2O4. The van der Waals surface area contributed by atoms with E-state index in [1.54, 1.807) is 6.07 Å². The van der Waals surface area contributed by atoms with E-state index < -0.39 is 11.0 Å². The van der Waals surface area contributed by atoms with E-state index in [-0.39, 0.29) is 11.8 Å². The van der Waals surface area contributed by atoms with Crippen molar-refractivity contribution in [2.45, 2.75) is 25.0 Å². The van der Waals surface area contributed by atoms with E-state index in [1.165, 1.54) is 19.2 Å². The Morgan fingerprint density at radius 2 is 2.39 bits per heavy atom. The van der Waals surface area contributed by atoms with Crippen LogP contribution in [-0.4, -0.2) is 24.7 Å². The van der Waals surface area contributed by atoms with Gasteiger partial charge in [-0.1, -0.05) is 0 Å². The summed E-state index contributed by atoms with van der Waals surface area (Å²) in [5, 5.41) is 10.8. The molecule has 98 valence electrons. The lowest BCUT2D eigenvalue weighted by Crippen LogP contribution is -2.26. The number of nitrogens with two attached hydrogens (primary N) is 1. The average Bonchev–Trinajstić information content (AvgIpc) is 2.90. The topological polar surface area (TPSA) is 87.6 Å². The summed E-state index contributed by atoms with van der Waals surface area (Å²) in [6.07, 6.45) is 1.74. The number of nitrogens with zero attached hydrogens (tertiary/aromatic N) is 1. The number of hydrogen-bond donors (Lipinski definition) is 1. The first-order chi connectivity index (χ1) is 8.63. The van der Waals surface area contributed by atoms with Crippen molar-refractivity contribution in [2.24, 2.45) is 5.73 Å². The van der Waals surface area contributed by atoms with Gasteiger partial charge in [0.25, 0.3) is 5.69 Å². The number of benzene rings is 1. The lowest BCUT2D eigenvalue weighted by atomic mass is 9.99. The van der Waals surface area contributed by atoms with E-state index in [4.69, 9.17) is 15.2 Å². The van der Waals surface area contributed by atoms with E-state index >= 15 is 0 Å². The fourth-order valence-electron chi connectivity index (χ4n) is 2.18. The highest BCUT2D eigenvalue weighted by atomic mass is 16.6. The molecule has 1 heterocycles. The van der Waals surface area contributed by atoms with E-state index in [9.17, 15) is 10.1 Å². The Hall–Kier alpha value is -1.66. The molecule has 2 atom stereocenters. The molecule has 0 aliphatic carbocycles. The number of hydrogen-bond acceptors (Lipinski definition) is 5. The highest BCUT2D eigenvalue weighted by molar-refractivity contribution is 5.45. The van der Waals surface area contributed by atoms with Crippen LogP contribution < -0.4 is 10.5 Å². The predicted molar refractivity (Wildman–Crippen MR) is 65.6 cm³/mol. The van der Waals surface area contributed by atoms with E-state index in [0.29, 0.717) is 17.9 Å². The van der Waals surface area contributed by atoms with Crippen LogP contribution in [0.3, 0.4) is 0 Å². The van der Waals surface area contributed by atoms with Crippen molar-refractivity contribution >= 4 is 5.69 Å². The molecule has 2 N–H and O–H groups in total. The van der Waals surface area contributed by atoms with Crippen LogP contribution in [0.25, 0.3) is 0 Å². The maximum Gasteiger partial charge on any atom is 0.270 e. The van der Waals surface area contributed by atoms with E-state index in [2.05, 4.69) is 0 Å². The Kier molecular flexibility index (Phi) is 3.78. The van der Waals surface area contributed by atoms with Crippen molar-refractivity contribution in [1.29, 1.82) is 0 Å². The number of nitro benzene ring substituents is 1. The summed E-state index contributed by atoms with van der Waals surface area (Å²) in [7, 11) is 1.52. The molecule has 1 aromatic carbocycles. The summed E-state index contributed by atoms with van der Waals surface area (Å²) in [5.41, 5.74) is 6.76. The number of rotatable bonds is 4. The second-order valence-electron chi connectivity index (χ2n) is 4.26. The van der Waals surface area contributed by atoms with Crippen LogP contribution in [0.5, 0.6) is 5.75 Å².